The fourth-order valence-electron chi connectivity index (χ4n) is 2.82. The van der Waals surface area contributed by atoms with E-state index in [1.807, 2.05) is 30.3 Å². The maximum absolute atomic E-state index is 6.07. The highest BCUT2D eigenvalue weighted by Crippen LogP contribution is 2.29. The fraction of sp³-hybridized carbons (Fsp3) is 0.421. The van der Waals surface area contributed by atoms with Crippen LogP contribution in [0.25, 0.3) is 0 Å². The van der Waals surface area contributed by atoms with Crippen LogP contribution in [-0.2, 0) is 0 Å². The molecular formula is C19H28N4O3. The van der Waals surface area contributed by atoms with E-state index in [-0.39, 0.29) is 6.04 Å². The van der Waals surface area contributed by atoms with Crippen molar-refractivity contribution in [1.82, 2.24) is 4.90 Å². The third kappa shape index (κ3) is 4.92. The van der Waals surface area contributed by atoms with Gasteiger partial charge in [0.2, 0.25) is 0 Å². The Morgan fingerprint density at radius 1 is 1.19 bits per heavy atom. The number of methoxy groups -OCH3 is 2. The molecule has 0 spiro atoms. The zero-order chi connectivity index (χ0) is 18.9. The van der Waals surface area contributed by atoms with Gasteiger partial charge in [0.15, 0.2) is 17.5 Å². The maximum atomic E-state index is 6.07. The Kier molecular flexibility index (Phi) is 7.35. The molecule has 0 saturated carbocycles. The molecule has 1 aromatic carbocycles. The number of rotatable bonds is 9. The molecule has 0 radical (unpaired) electrons. The van der Waals surface area contributed by atoms with Crippen LogP contribution in [0, 0.1) is 0 Å². The predicted octanol–water partition coefficient (Wildman–Crippen LogP) is 3.11. The lowest BCUT2D eigenvalue weighted by molar-refractivity contribution is 0.198. The smallest absolute Gasteiger partial charge is 0.193 e. The van der Waals surface area contributed by atoms with Crippen LogP contribution in [0.4, 0.5) is 5.69 Å². The molecule has 0 fully saturated rings. The molecule has 142 valence electrons. The quantitative estimate of drug-likeness (QED) is 0.528. The van der Waals surface area contributed by atoms with Crippen molar-refractivity contribution in [3.05, 3.63) is 42.4 Å². The molecule has 3 N–H and O–H groups in total. The molecule has 0 saturated heterocycles. The minimum absolute atomic E-state index is 0.0470. The van der Waals surface area contributed by atoms with E-state index >= 15 is 0 Å². The van der Waals surface area contributed by atoms with Crippen molar-refractivity contribution in [1.29, 1.82) is 0 Å². The number of nitrogens with one attached hydrogen (secondary N) is 1. The first-order chi connectivity index (χ1) is 12.6. The summed E-state index contributed by atoms with van der Waals surface area (Å²) in [5.74, 6) is 2.51. The largest absolute Gasteiger partial charge is 0.493 e. The number of aliphatic imine (C=N–C) groups is 1. The lowest BCUT2D eigenvalue weighted by Gasteiger charge is -2.26. The summed E-state index contributed by atoms with van der Waals surface area (Å²) >= 11 is 0. The average Bonchev–Trinajstić information content (AvgIpc) is 3.19. The van der Waals surface area contributed by atoms with E-state index < -0.39 is 0 Å². The number of guanidine groups is 1. The minimum Gasteiger partial charge on any atom is -0.493 e. The summed E-state index contributed by atoms with van der Waals surface area (Å²) in [5, 5.41) is 3.09. The van der Waals surface area contributed by atoms with Crippen molar-refractivity contribution in [3.63, 3.8) is 0 Å². The summed E-state index contributed by atoms with van der Waals surface area (Å²) in [6.45, 7) is 6.55. The van der Waals surface area contributed by atoms with Gasteiger partial charge in [-0.3, -0.25) is 9.89 Å². The Labute approximate surface area is 154 Å². The first kappa shape index (κ1) is 19.7. The van der Waals surface area contributed by atoms with Gasteiger partial charge in [0.25, 0.3) is 0 Å². The lowest BCUT2D eigenvalue weighted by atomic mass is 10.2. The summed E-state index contributed by atoms with van der Waals surface area (Å²) in [4.78, 5) is 6.78. The number of benzene rings is 1. The first-order valence-corrected chi connectivity index (χ1v) is 8.69. The van der Waals surface area contributed by atoms with Gasteiger partial charge < -0.3 is 24.9 Å². The number of anilines is 1. The van der Waals surface area contributed by atoms with Crippen LogP contribution >= 0.6 is 0 Å². The Bertz CT molecular complexity index is 697. The highest BCUT2D eigenvalue weighted by molar-refractivity contribution is 5.92. The molecule has 26 heavy (non-hydrogen) atoms. The van der Waals surface area contributed by atoms with Crippen LogP contribution in [0.3, 0.4) is 0 Å². The third-order valence-corrected chi connectivity index (χ3v) is 4.22. The van der Waals surface area contributed by atoms with Crippen molar-refractivity contribution in [2.24, 2.45) is 10.7 Å². The molecule has 0 aliphatic heterocycles. The van der Waals surface area contributed by atoms with E-state index in [1.54, 1.807) is 20.5 Å². The minimum atomic E-state index is 0.0470. The Hall–Kier alpha value is -2.67. The molecule has 0 bridgehead atoms. The third-order valence-electron chi connectivity index (χ3n) is 4.22. The number of nitrogens with two attached hydrogens (primary N) is 1. The van der Waals surface area contributed by atoms with Gasteiger partial charge in [0.05, 0.1) is 33.1 Å². The molecule has 1 unspecified atom stereocenters. The molecule has 1 atom stereocenters. The second-order valence-electron chi connectivity index (χ2n) is 5.67. The second kappa shape index (κ2) is 9.72. The Morgan fingerprint density at radius 2 is 1.92 bits per heavy atom. The van der Waals surface area contributed by atoms with Gasteiger partial charge in [0, 0.05) is 11.8 Å². The van der Waals surface area contributed by atoms with Crippen LogP contribution in [0.5, 0.6) is 11.5 Å². The molecule has 1 heterocycles. The highest BCUT2D eigenvalue weighted by Gasteiger charge is 2.20. The van der Waals surface area contributed by atoms with Crippen LogP contribution < -0.4 is 20.5 Å². The summed E-state index contributed by atoms with van der Waals surface area (Å²) in [5.41, 5.74) is 6.85. The molecule has 7 heteroatoms. The first-order valence-electron chi connectivity index (χ1n) is 8.69. The van der Waals surface area contributed by atoms with Gasteiger partial charge in [-0.15, -0.1) is 0 Å². The molecule has 7 nitrogen and oxygen atoms in total. The zero-order valence-corrected chi connectivity index (χ0v) is 15.9. The van der Waals surface area contributed by atoms with Crippen LogP contribution in [0.2, 0.25) is 0 Å². The summed E-state index contributed by atoms with van der Waals surface area (Å²) in [7, 11) is 3.19. The molecule has 0 aliphatic rings. The van der Waals surface area contributed by atoms with Crippen molar-refractivity contribution in [2.75, 3.05) is 39.2 Å². The number of ether oxygens (including phenoxy) is 2. The number of hydrogen-bond acceptors (Lipinski definition) is 5. The standard InChI is InChI=1S/C19H28N4O3/c1-5-23(6-2)15(16-8-7-11-26-16)13-21-19(20)22-14-9-10-17(24-3)18(12-14)25-4/h7-12,15H,5-6,13H2,1-4H3,(H3,20,21,22). The van der Waals surface area contributed by atoms with Gasteiger partial charge in [0.1, 0.15) is 5.76 Å². The SMILES string of the molecule is CCN(CC)C(CN=C(N)Nc1ccc(OC)c(OC)c1)c1ccco1. The lowest BCUT2D eigenvalue weighted by Crippen LogP contribution is -2.31. The van der Waals surface area contributed by atoms with E-state index in [4.69, 9.17) is 19.6 Å². The van der Waals surface area contributed by atoms with E-state index in [0.717, 1.165) is 24.5 Å². The Balaban J connectivity index is 2.10. The maximum Gasteiger partial charge on any atom is 0.193 e. The van der Waals surface area contributed by atoms with Crippen molar-refractivity contribution < 1.29 is 13.9 Å². The molecule has 0 aliphatic carbocycles. The molecule has 2 rings (SSSR count). The number of hydrogen-bond donors (Lipinski definition) is 2. The van der Waals surface area contributed by atoms with Crippen LogP contribution in [0.15, 0.2) is 46.0 Å². The number of nitrogens with zero attached hydrogens (tertiary/aromatic N) is 2. The van der Waals surface area contributed by atoms with Gasteiger partial charge in [-0.05, 0) is 37.4 Å². The second-order valence-corrected chi connectivity index (χ2v) is 5.67. The monoisotopic (exact) mass is 360 g/mol. The van der Waals surface area contributed by atoms with Crippen molar-refractivity contribution >= 4 is 11.6 Å². The van der Waals surface area contributed by atoms with Crippen LogP contribution in [0.1, 0.15) is 25.6 Å². The zero-order valence-electron chi connectivity index (χ0n) is 15.9. The summed E-state index contributed by atoms with van der Waals surface area (Å²) < 4.78 is 16.1. The topological polar surface area (TPSA) is 85.2 Å². The van der Waals surface area contributed by atoms with Gasteiger partial charge in [-0.2, -0.15) is 0 Å². The normalized spacial score (nSPS) is 12.9. The van der Waals surface area contributed by atoms with E-state index in [0.29, 0.717) is 24.0 Å². The van der Waals surface area contributed by atoms with Crippen LogP contribution in [-0.4, -0.2) is 44.7 Å². The van der Waals surface area contributed by atoms with E-state index in [9.17, 15) is 0 Å². The summed E-state index contributed by atoms with van der Waals surface area (Å²) in [6.07, 6.45) is 1.68. The van der Waals surface area contributed by atoms with Crippen molar-refractivity contribution in [3.8, 4) is 11.5 Å². The van der Waals surface area contributed by atoms with Crippen molar-refractivity contribution in [2.45, 2.75) is 19.9 Å². The molecular weight excluding hydrogens is 332 g/mol. The molecule has 0 amide bonds. The molecule has 1 aromatic heterocycles. The van der Waals surface area contributed by atoms with Gasteiger partial charge in [-0.25, -0.2) is 0 Å². The average molecular weight is 360 g/mol. The highest BCUT2D eigenvalue weighted by atomic mass is 16.5. The predicted molar refractivity (Wildman–Crippen MR) is 104 cm³/mol. The summed E-state index contributed by atoms with van der Waals surface area (Å²) in [6, 6.07) is 9.40. The fourth-order valence-corrected chi connectivity index (χ4v) is 2.82. The number of furan rings is 1. The molecule has 2 aromatic rings. The van der Waals surface area contributed by atoms with E-state index in [2.05, 4.69) is 29.1 Å². The van der Waals surface area contributed by atoms with Gasteiger partial charge >= 0.3 is 0 Å². The number of likely N-dealkylation sites (N-methyl/N-ethyl adjacent to an activating group) is 1. The Morgan fingerprint density at radius 3 is 2.50 bits per heavy atom. The van der Waals surface area contributed by atoms with Gasteiger partial charge in [-0.1, -0.05) is 13.8 Å². The van der Waals surface area contributed by atoms with E-state index in [1.165, 1.54) is 0 Å².